The van der Waals surface area contributed by atoms with Gasteiger partial charge in [0.05, 0.1) is 24.9 Å². The number of aliphatic hydroxyl groups excluding tert-OH is 5. The van der Waals surface area contributed by atoms with Crippen molar-refractivity contribution >= 4 is 6.09 Å². The predicted octanol–water partition coefficient (Wildman–Crippen LogP) is 14.1. The minimum atomic E-state index is -1.59. The van der Waals surface area contributed by atoms with E-state index in [4.69, 9.17) is 14.2 Å². The zero-order valence-electron chi connectivity index (χ0n) is 46.2. The highest BCUT2D eigenvalue weighted by atomic mass is 16.7. The van der Waals surface area contributed by atoms with E-state index in [2.05, 4.69) is 31.4 Å². The van der Waals surface area contributed by atoms with Crippen molar-refractivity contribution in [1.82, 2.24) is 10.6 Å². The largest absolute Gasteiger partial charge is 0.447 e. The van der Waals surface area contributed by atoms with Crippen molar-refractivity contribution in [3.8, 4) is 0 Å². The van der Waals surface area contributed by atoms with E-state index < -0.39 is 55.0 Å². The number of hydrogen-bond acceptors (Lipinski definition) is 10. The molecule has 0 spiro atoms. The van der Waals surface area contributed by atoms with Crippen LogP contribution < -0.4 is 10.6 Å². The van der Waals surface area contributed by atoms with Gasteiger partial charge in [-0.2, -0.15) is 0 Å². The van der Waals surface area contributed by atoms with Gasteiger partial charge >= 0.3 is 6.09 Å². The molecule has 1 saturated heterocycles. The van der Waals surface area contributed by atoms with Gasteiger partial charge in [0.1, 0.15) is 31.0 Å². The molecule has 1 amide bonds. The Morgan fingerprint density at radius 2 is 0.800 bits per heavy atom. The SMILES string of the molecule is CCCCCCCCCCCCCCCCCCCCCCCCCCNC(CO[C@H]1O[C@H](COC(=O)NCCCCCCCC)[C@H](O)[C@H](O)[C@H]1O)C(O)C(O)CCCCCCCCCCCCCC. The van der Waals surface area contributed by atoms with Crippen LogP contribution in [-0.4, -0.2) is 107 Å². The average molecular weight is 1000 g/mol. The maximum atomic E-state index is 12.4. The summed E-state index contributed by atoms with van der Waals surface area (Å²) < 4.78 is 17.2. The lowest BCUT2D eigenvalue weighted by Gasteiger charge is -2.40. The molecule has 1 heterocycles. The monoisotopic (exact) mass is 999 g/mol. The van der Waals surface area contributed by atoms with Gasteiger partial charge in [-0.05, 0) is 25.8 Å². The molecule has 0 bridgehead atoms. The van der Waals surface area contributed by atoms with Crippen LogP contribution in [0.15, 0.2) is 0 Å². The van der Waals surface area contributed by atoms with Gasteiger partial charge < -0.3 is 50.4 Å². The van der Waals surface area contributed by atoms with Crippen molar-refractivity contribution in [2.75, 3.05) is 26.3 Å². The van der Waals surface area contributed by atoms with E-state index in [1.165, 1.54) is 212 Å². The maximum Gasteiger partial charge on any atom is 0.407 e. The zero-order chi connectivity index (χ0) is 51.0. The summed E-state index contributed by atoms with van der Waals surface area (Å²) in [5, 5.41) is 60.9. The molecular weight excluding hydrogens is 881 g/mol. The van der Waals surface area contributed by atoms with Crippen LogP contribution in [0, 0.1) is 0 Å². The molecule has 8 atom stereocenters. The van der Waals surface area contributed by atoms with Gasteiger partial charge in [-0.1, -0.05) is 278 Å². The fraction of sp³-hybridized carbons (Fsp3) is 0.983. The Kier molecular flexibility index (Phi) is 48.0. The Hall–Kier alpha value is -1.05. The Morgan fingerprint density at radius 1 is 0.457 bits per heavy atom. The lowest BCUT2D eigenvalue weighted by Crippen LogP contribution is -2.60. The van der Waals surface area contributed by atoms with Crippen LogP contribution in [-0.2, 0) is 14.2 Å². The third-order valence-corrected chi connectivity index (χ3v) is 14.9. The number of amides is 1. The first-order valence-corrected chi connectivity index (χ1v) is 30.6. The fourth-order valence-corrected chi connectivity index (χ4v) is 9.98. The third kappa shape index (κ3) is 38.5. The van der Waals surface area contributed by atoms with Crippen molar-refractivity contribution in [3.05, 3.63) is 0 Å². The fourth-order valence-electron chi connectivity index (χ4n) is 9.98. The summed E-state index contributed by atoms with van der Waals surface area (Å²) >= 11 is 0. The number of alkyl carbamates (subject to hydrolysis) is 1. The van der Waals surface area contributed by atoms with E-state index in [0.717, 1.165) is 57.8 Å². The highest BCUT2D eigenvalue weighted by Gasteiger charge is 2.45. The number of aliphatic hydroxyl groups is 5. The summed E-state index contributed by atoms with van der Waals surface area (Å²) in [6.07, 6.45) is 44.2. The summed E-state index contributed by atoms with van der Waals surface area (Å²) in [4.78, 5) is 12.4. The summed E-state index contributed by atoms with van der Waals surface area (Å²) in [7, 11) is 0. The highest BCUT2D eigenvalue weighted by Crippen LogP contribution is 2.24. The lowest BCUT2D eigenvalue weighted by molar-refractivity contribution is -0.303. The normalized spacial score (nSPS) is 19.6. The summed E-state index contributed by atoms with van der Waals surface area (Å²) in [6, 6.07) is -0.654. The molecule has 3 unspecified atom stereocenters. The Bertz CT molecular complexity index is 1090. The smallest absolute Gasteiger partial charge is 0.407 e. The van der Waals surface area contributed by atoms with Gasteiger partial charge in [-0.3, -0.25) is 0 Å². The summed E-state index contributed by atoms with van der Waals surface area (Å²) in [5.41, 5.74) is 0. The topological polar surface area (TPSA) is 170 Å². The van der Waals surface area contributed by atoms with Crippen LogP contribution in [0.4, 0.5) is 4.79 Å². The molecule has 0 aromatic carbocycles. The van der Waals surface area contributed by atoms with Gasteiger partial charge in [-0.15, -0.1) is 0 Å². The molecular formula is C59H118N2O9. The lowest BCUT2D eigenvalue weighted by atomic mass is 9.98. The van der Waals surface area contributed by atoms with Crippen LogP contribution in [0.3, 0.4) is 0 Å². The van der Waals surface area contributed by atoms with Gasteiger partial charge in [0, 0.05) is 6.54 Å². The van der Waals surface area contributed by atoms with Crippen molar-refractivity contribution in [3.63, 3.8) is 0 Å². The van der Waals surface area contributed by atoms with E-state index in [9.17, 15) is 30.3 Å². The molecule has 1 rings (SSSR count). The van der Waals surface area contributed by atoms with Crippen LogP contribution >= 0.6 is 0 Å². The third-order valence-electron chi connectivity index (χ3n) is 14.9. The van der Waals surface area contributed by atoms with Crippen molar-refractivity contribution in [2.45, 2.75) is 346 Å². The molecule has 0 aliphatic carbocycles. The van der Waals surface area contributed by atoms with Crippen molar-refractivity contribution in [1.29, 1.82) is 0 Å². The molecule has 11 heteroatoms. The Morgan fingerprint density at radius 3 is 1.19 bits per heavy atom. The van der Waals surface area contributed by atoms with E-state index in [0.29, 0.717) is 19.5 Å². The van der Waals surface area contributed by atoms with Crippen LogP contribution in [0.1, 0.15) is 297 Å². The predicted molar refractivity (Wildman–Crippen MR) is 291 cm³/mol. The molecule has 70 heavy (non-hydrogen) atoms. The summed E-state index contributed by atoms with van der Waals surface area (Å²) in [6.45, 7) is 7.39. The standard InChI is InChI=1S/C59H118N2O9/c1-4-7-10-13-16-18-20-22-23-24-25-26-27-28-29-30-31-32-33-35-37-39-42-44-47-60-51(54(63)52(62)46-43-40-38-36-34-21-19-17-14-11-8-5-2)49-68-58-57(66)56(65)55(64)53(70-58)50-69-59(67)61-48-45-41-15-12-9-6-3/h51-58,60,62-66H,4-50H2,1-3H3,(H,61,67)/t51?,52?,53-,54?,55+,56+,57-,58+/m1/s1. The molecule has 0 aromatic rings. The first kappa shape index (κ1) is 67.0. The maximum absolute atomic E-state index is 12.4. The van der Waals surface area contributed by atoms with Crippen molar-refractivity contribution in [2.24, 2.45) is 0 Å². The van der Waals surface area contributed by atoms with Crippen molar-refractivity contribution < 1.29 is 44.5 Å². The number of nitrogens with one attached hydrogen (secondary N) is 2. The second kappa shape index (κ2) is 50.1. The molecule has 1 aliphatic rings. The Balaban J connectivity index is 2.42. The van der Waals surface area contributed by atoms with E-state index in [-0.39, 0.29) is 13.2 Å². The minimum absolute atomic E-state index is 0.104. The van der Waals surface area contributed by atoms with E-state index in [1.54, 1.807) is 0 Å². The van der Waals surface area contributed by atoms with E-state index in [1.807, 2.05) is 0 Å². The second-order valence-corrected chi connectivity index (χ2v) is 21.6. The number of carbonyl (C=O) groups is 1. The molecule has 7 N–H and O–H groups in total. The van der Waals surface area contributed by atoms with Crippen LogP contribution in [0.25, 0.3) is 0 Å². The molecule has 0 radical (unpaired) electrons. The first-order valence-electron chi connectivity index (χ1n) is 30.6. The van der Waals surface area contributed by atoms with E-state index >= 15 is 0 Å². The zero-order valence-corrected chi connectivity index (χ0v) is 46.2. The number of unbranched alkanes of at least 4 members (excludes halogenated alkanes) is 39. The second-order valence-electron chi connectivity index (χ2n) is 21.6. The highest BCUT2D eigenvalue weighted by molar-refractivity contribution is 5.67. The molecule has 1 fully saturated rings. The molecule has 0 saturated carbocycles. The number of rotatable bonds is 53. The average Bonchev–Trinajstić information content (AvgIpc) is 3.36. The van der Waals surface area contributed by atoms with Gasteiger partial charge in [0.15, 0.2) is 6.29 Å². The molecule has 11 nitrogen and oxygen atoms in total. The van der Waals surface area contributed by atoms with Crippen LogP contribution in [0.5, 0.6) is 0 Å². The van der Waals surface area contributed by atoms with Gasteiger partial charge in [0.25, 0.3) is 0 Å². The van der Waals surface area contributed by atoms with Gasteiger partial charge in [0.2, 0.25) is 0 Å². The first-order chi connectivity index (χ1) is 34.3. The Labute approximate surface area is 431 Å². The number of hydrogen-bond donors (Lipinski definition) is 7. The quantitative estimate of drug-likeness (QED) is 0.0291. The van der Waals surface area contributed by atoms with Gasteiger partial charge in [-0.25, -0.2) is 4.79 Å². The molecule has 1 aliphatic heterocycles. The van der Waals surface area contributed by atoms with Crippen LogP contribution in [0.2, 0.25) is 0 Å². The number of carbonyl (C=O) groups excluding carboxylic acids is 1. The molecule has 0 aromatic heterocycles. The summed E-state index contributed by atoms with van der Waals surface area (Å²) in [5.74, 6) is 0. The number of ether oxygens (including phenoxy) is 3. The molecule has 418 valence electrons. The minimum Gasteiger partial charge on any atom is -0.447 e.